The SMILES string of the molecule is Cn1c2ccncc2c2ccc(-c3cnc(O[C@H]4C[C@H](CO)C4)c(C(F)(F)F)c3)cc21. The van der Waals surface area contributed by atoms with Crippen molar-refractivity contribution in [2.24, 2.45) is 13.0 Å². The van der Waals surface area contributed by atoms with Gasteiger partial charge in [0.2, 0.25) is 5.88 Å². The Morgan fingerprint density at radius 1 is 1.06 bits per heavy atom. The van der Waals surface area contributed by atoms with Crippen molar-refractivity contribution in [2.45, 2.75) is 25.1 Å². The normalized spacial score (nSPS) is 19.0. The monoisotopic (exact) mass is 427 g/mol. The number of pyridine rings is 2. The first kappa shape index (κ1) is 19.8. The number of hydrogen-bond donors (Lipinski definition) is 1. The molecule has 0 spiro atoms. The van der Waals surface area contributed by atoms with Crippen molar-refractivity contribution in [3.05, 3.63) is 54.5 Å². The number of nitrogens with zero attached hydrogens (tertiary/aromatic N) is 3. The van der Waals surface area contributed by atoms with Crippen molar-refractivity contribution in [1.29, 1.82) is 0 Å². The fourth-order valence-electron chi connectivity index (χ4n) is 4.22. The number of fused-ring (bicyclic) bond motifs is 3. The Balaban J connectivity index is 1.54. The van der Waals surface area contributed by atoms with Gasteiger partial charge in [0.1, 0.15) is 11.7 Å². The summed E-state index contributed by atoms with van der Waals surface area (Å²) in [6, 6.07) is 8.56. The molecule has 1 aliphatic rings. The van der Waals surface area contributed by atoms with Crippen LogP contribution in [-0.2, 0) is 13.2 Å². The number of ether oxygens (including phenoxy) is 1. The number of aliphatic hydroxyl groups excluding tert-OH is 1. The maximum absolute atomic E-state index is 13.7. The van der Waals surface area contributed by atoms with E-state index >= 15 is 0 Å². The maximum atomic E-state index is 13.7. The number of halogens is 3. The second-order valence-electron chi connectivity index (χ2n) is 8.02. The van der Waals surface area contributed by atoms with Crippen molar-refractivity contribution < 1.29 is 23.0 Å². The molecule has 5 nitrogen and oxygen atoms in total. The molecule has 1 aromatic carbocycles. The average Bonchev–Trinajstić information content (AvgIpc) is 3.02. The molecule has 0 saturated heterocycles. The van der Waals surface area contributed by atoms with E-state index in [1.165, 1.54) is 6.20 Å². The highest BCUT2D eigenvalue weighted by atomic mass is 19.4. The molecule has 5 rings (SSSR count). The summed E-state index contributed by atoms with van der Waals surface area (Å²) in [6.07, 6.45) is 1.04. The van der Waals surface area contributed by atoms with Gasteiger partial charge in [-0.25, -0.2) is 4.98 Å². The first-order valence-corrected chi connectivity index (χ1v) is 10.0. The van der Waals surface area contributed by atoms with Crippen LogP contribution in [0.5, 0.6) is 5.88 Å². The molecule has 3 aromatic heterocycles. The van der Waals surface area contributed by atoms with Crippen LogP contribution in [0.4, 0.5) is 13.2 Å². The van der Waals surface area contributed by atoms with Crippen LogP contribution in [0.15, 0.2) is 48.9 Å². The number of rotatable bonds is 4. The third kappa shape index (κ3) is 3.40. The molecule has 1 fully saturated rings. The van der Waals surface area contributed by atoms with E-state index in [4.69, 9.17) is 9.84 Å². The fourth-order valence-corrected chi connectivity index (χ4v) is 4.22. The van der Waals surface area contributed by atoms with Gasteiger partial charge in [0, 0.05) is 54.1 Å². The molecule has 0 radical (unpaired) electrons. The summed E-state index contributed by atoms with van der Waals surface area (Å²) in [4.78, 5) is 8.19. The predicted molar refractivity (Wildman–Crippen MR) is 111 cm³/mol. The Bertz CT molecular complexity index is 1280. The molecular formula is C23H20F3N3O2. The Kier molecular flexibility index (Phi) is 4.62. The van der Waals surface area contributed by atoms with Crippen LogP contribution >= 0.6 is 0 Å². The van der Waals surface area contributed by atoms with Gasteiger partial charge in [0.05, 0.1) is 5.52 Å². The highest BCUT2D eigenvalue weighted by Gasteiger charge is 2.38. The summed E-state index contributed by atoms with van der Waals surface area (Å²) in [5.74, 6) is -0.323. The summed E-state index contributed by atoms with van der Waals surface area (Å²) in [5, 5.41) is 11.1. The summed E-state index contributed by atoms with van der Waals surface area (Å²) >= 11 is 0. The zero-order valence-electron chi connectivity index (χ0n) is 16.7. The van der Waals surface area contributed by atoms with Gasteiger partial charge in [-0.2, -0.15) is 13.2 Å². The Morgan fingerprint density at radius 3 is 2.61 bits per heavy atom. The van der Waals surface area contributed by atoms with E-state index in [1.54, 1.807) is 18.5 Å². The number of benzene rings is 1. The average molecular weight is 427 g/mol. The van der Waals surface area contributed by atoms with Crippen molar-refractivity contribution in [3.63, 3.8) is 0 Å². The third-order valence-corrected chi connectivity index (χ3v) is 6.03. The highest BCUT2D eigenvalue weighted by Crippen LogP contribution is 2.40. The maximum Gasteiger partial charge on any atom is 0.421 e. The predicted octanol–water partition coefficient (Wildman–Crippen LogP) is 4.96. The molecule has 1 N–H and O–H groups in total. The highest BCUT2D eigenvalue weighted by molar-refractivity contribution is 6.08. The van der Waals surface area contributed by atoms with Crippen LogP contribution in [0.3, 0.4) is 0 Å². The van der Waals surface area contributed by atoms with Gasteiger partial charge >= 0.3 is 6.18 Å². The van der Waals surface area contributed by atoms with E-state index in [0.717, 1.165) is 27.9 Å². The minimum absolute atomic E-state index is 0.0189. The van der Waals surface area contributed by atoms with Gasteiger partial charge < -0.3 is 14.4 Å². The summed E-state index contributed by atoms with van der Waals surface area (Å²) in [6.45, 7) is 0.0189. The quantitative estimate of drug-likeness (QED) is 0.500. The summed E-state index contributed by atoms with van der Waals surface area (Å²) in [7, 11) is 1.92. The van der Waals surface area contributed by atoms with Crippen molar-refractivity contribution >= 4 is 21.8 Å². The van der Waals surface area contributed by atoms with Crippen molar-refractivity contribution in [1.82, 2.24) is 14.5 Å². The Morgan fingerprint density at radius 2 is 1.87 bits per heavy atom. The van der Waals surface area contributed by atoms with Crippen molar-refractivity contribution in [2.75, 3.05) is 6.61 Å². The van der Waals surface area contributed by atoms with Gasteiger partial charge in [-0.1, -0.05) is 12.1 Å². The van der Waals surface area contributed by atoms with Crippen LogP contribution in [0.1, 0.15) is 18.4 Å². The molecule has 0 unspecified atom stereocenters. The molecule has 0 bridgehead atoms. The van der Waals surface area contributed by atoms with Crippen LogP contribution in [0.2, 0.25) is 0 Å². The molecule has 3 heterocycles. The lowest BCUT2D eigenvalue weighted by Crippen LogP contribution is -2.36. The third-order valence-electron chi connectivity index (χ3n) is 6.03. The summed E-state index contributed by atoms with van der Waals surface area (Å²) < 4.78 is 48.7. The second-order valence-corrected chi connectivity index (χ2v) is 8.02. The van der Waals surface area contributed by atoms with E-state index in [-0.39, 0.29) is 18.6 Å². The van der Waals surface area contributed by atoms with Crippen LogP contribution in [-0.4, -0.2) is 32.4 Å². The number of aliphatic hydroxyl groups is 1. The zero-order chi connectivity index (χ0) is 21.8. The molecule has 0 amide bonds. The molecule has 0 atom stereocenters. The van der Waals surface area contributed by atoms with Crippen LogP contribution in [0, 0.1) is 5.92 Å². The first-order chi connectivity index (χ1) is 14.8. The first-order valence-electron chi connectivity index (χ1n) is 10.0. The van der Waals surface area contributed by atoms with Gasteiger partial charge in [-0.15, -0.1) is 0 Å². The summed E-state index contributed by atoms with van der Waals surface area (Å²) in [5.41, 5.74) is 2.02. The molecule has 160 valence electrons. The van der Waals surface area contributed by atoms with E-state index in [9.17, 15) is 13.2 Å². The van der Waals surface area contributed by atoms with E-state index < -0.39 is 17.6 Å². The molecule has 4 aromatic rings. The molecular weight excluding hydrogens is 407 g/mol. The van der Waals surface area contributed by atoms with Crippen LogP contribution < -0.4 is 4.74 Å². The standard InChI is InChI=1S/C23H20F3N3O2/c1-29-20-4-5-27-11-18(20)17-3-2-14(9-21(17)29)15-8-19(23(24,25)26)22(28-10-15)31-16-6-13(7-16)12-30/h2-5,8-11,13,16,30H,6-7,12H2,1H3/t13-,16-. The number of hydrogen-bond acceptors (Lipinski definition) is 4. The second kappa shape index (κ2) is 7.23. The molecule has 0 aliphatic heterocycles. The van der Waals surface area contributed by atoms with Crippen LogP contribution in [0.25, 0.3) is 32.9 Å². The van der Waals surface area contributed by atoms with Gasteiger partial charge in [0.15, 0.2) is 0 Å². The fraction of sp³-hybridized carbons (Fsp3) is 0.304. The van der Waals surface area contributed by atoms with E-state index in [1.807, 2.05) is 29.8 Å². The lowest BCUT2D eigenvalue weighted by molar-refractivity contribution is -0.140. The van der Waals surface area contributed by atoms with E-state index in [2.05, 4.69) is 9.97 Å². The van der Waals surface area contributed by atoms with Gasteiger partial charge in [-0.3, -0.25) is 4.98 Å². The number of alkyl halides is 3. The Hall–Kier alpha value is -3.13. The van der Waals surface area contributed by atoms with Gasteiger partial charge in [0.25, 0.3) is 0 Å². The number of aryl methyl sites for hydroxylation is 1. The minimum Gasteiger partial charge on any atom is -0.474 e. The minimum atomic E-state index is -4.59. The molecule has 1 saturated carbocycles. The lowest BCUT2D eigenvalue weighted by atomic mass is 9.83. The zero-order valence-corrected chi connectivity index (χ0v) is 16.7. The molecule has 31 heavy (non-hydrogen) atoms. The number of aromatic nitrogens is 3. The largest absolute Gasteiger partial charge is 0.474 e. The van der Waals surface area contributed by atoms with Gasteiger partial charge in [-0.05, 0) is 42.5 Å². The molecule has 8 heteroatoms. The topological polar surface area (TPSA) is 60.2 Å². The van der Waals surface area contributed by atoms with E-state index in [0.29, 0.717) is 24.0 Å². The smallest absolute Gasteiger partial charge is 0.421 e. The molecule has 1 aliphatic carbocycles. The van der Waals surface area contributed by atoms with Crippen molar-refractivity contribution in [3.8, 4) is 17.0 Å². The lowest BCUT2D eigenvalue weighted by Gasteiger charge is -2.34. The Labute approximate surface area is 176 Å².